The number of anilines is 1. The van der Waals surface area contributed by atoms with E-state index < -0.39 is 0 Å². The number of nitrogens with zero attached hydrogens (tertiary/aromatic N) is 1. The summed E-state index contributed by atoms with van der Waals surface area (Å²) in [6.07, 6.45) is 1.40. The van der Waals surface area contributed by atoms with Crippen molar-refractivity contribution in [1.82, 2.24) is 0 Å². The number of carbonyl (C=O) groups excluding carboxylic acids is 2. The summed E-state index contributed by atoms with van der Waals surface area (Å²) in [5, 5.41) is 1.98. The maximum Gasteiger partial charge on any atom is 0.237 e. The molecule has 4 atom stereocenters. The van der Waals surface area contributed by atoms with Gasteiger partial charge in [-0.3, -0.25) is 9.59 Å². The molecule has 2 aromatic carbocycles. The summed E-state index contributed by atoms with van der Waals surface area (Å²) in [5.41, 5.74) is 0.713. The van der Waals surface area contributed by atoms with Gasteiger partial charge in [0.05, 0.1) is 17.5 Å². The minimum absolute atomic E-state index is 0.0554. The second-order valence-electron chi connectivity index (χ2n) is 6.23. The Morgan fingerprint density at radius 3 is 2.04 bits per heavy atom. The number of imide groups is 1. The van der Waals surface area contributed by atoms with Crippen LogP contribution in [0.5, 0.6) is 0 Å². The summed E-state index contributed by atoms with van der Waals surface area (Å²) in [7, 11) is 0. The van der Waals surface area contributed by atoms with Gasteiger partial charge in [-0.05, 0) is 24.3 Å². The van der Waals surface area contributed by atoms with Crippen molar-refractivity contribution in [1.29, 1.82) is 0 Å². The molecule has 3 nitrogen and oxygen atoms in total. The molecule has 2 aromatic rings. The minimum atomic E-state index is -0.209. The third kappa shape index (κ3) is 2.36. The maximum atomic E-state index is 12.9. The third-order valence-electron chi connectivity index (χ3n) is 4.92. The highest BCUT2D eigenvalue weighted by Gasteiger charge is 2.52. The second kappa shape index (κ2) is 5.71. The lowest BCUT2D eigenvalue weighted by atomic mass is 9.81. The molecule has 4 rings (SSSR count). The van der Waals surface area contributed by atoms with Crippen molar-refractivity contribution >= 4 is 60.1 Å². The van der Waals surface area contributed by atoms with Gasteiger partial charge >= 0.3 is 0 Å². The molecule has 2 amide bonds. The predicted octanol–water partition coefficient (Wildman–Crippen LogP) is 4.27. The van der Waals surface area contributed by atoms with Gasteiger partial charge in [-0.25, -0.2) is 4.90 Å². The molecule has 1 heterocycles. The highest BCUT2D eigenvalue weighted by Crippen LogP contribution is 2.45. The monoisotopic (exact) mass is 435 g/mol. The molecule has 0 unspecified atom stereocenters. The maximum absolute atomic E-state index is 12.9. The summed E-state index contributed by atoms with van der Waals surface area (Å²) in [5.74, 6) is -0.528. The number of carbonyl (C=O) groups is 2. The number of rotatable bonds is 1. The van der Waals surface area contributed by atoms with E-state index in [1.807, 2.05) is 42.5 Å². The molecule has 1 aliphatic heterocycles. The van der Waals surface area contributed by atoms with Crippen LogP contribution in [-0.2, 0) is 9.59 Å². The standard InChI is InChI=1S/C18H15Br2NO2/c19-14-8-12-13(9-15(14)20)18(23)21(17(12)22)16-7-3-5-10-4-1-2-6-11(10)16/h1-7,12-15H,8-9H2/t12-,13-,14+,15+/m1/s1. The Kier molecular flexibility index (Phi) is 3.81. The summed E-state index contributed by atoms with van der Waals surface area (Å²) in [6, 6.07) is 13.6. The number of benzene rings is 2. The molecule has 1 saturated carbocycles. The van der Waals surface area contributed by atoms with Crippen LogP contribution in [0.2, 0.25) is 0 Å². The largest absolute Gasteiger partial charge is 0.274 e. The number of hydrogen-bond acceptors (Lipinski definition) is 2. The molecule has 0 aromatic heterocycles. The number of hydrogen-bond donors (Lipinski definition) is 0. The van der Waals surface area contributed by atoms with Crippen molar-refractivity contribution in [2.45, 2.75) is 22.5 Å². The lowest BCUT2D eigenvalue weighted by Gasteiger charge is -2.29. The molecule has 0 bridgehead atoms. The van der Waals surface area contributed by atoms with Crippen molar-refractivity contribution in [3.63, 3.8) is 0 Å². The fraction of sp³-hybridized carbons (Fsp3) is 0.333. The van der Waals surface area contributed by atoms with Crippen LogP contribution < -0.4 is 4.90 Å². The van der Waals surface area contributed by atoms with Crippen LogP contribution in [0.15, 0.2) is 42.5 Å². The Hall–Kier alpha value is -1.20. The van der Waals surface area contributed by atoms with Crippen LogP contribution in [0.4, 0.5) is 5.69 Å². The molecule has 5 heteroatoms. The molecule has 1 saturated heterocycles. The average molecular weight is 437 g/mol. The molecule has 118 valence electrons. The van der Waals surface area contributed by atoms with Gasteiger partial charge in [-0.1, -0.05) is 68.3 Å². The Bertz CT molecular complexity index is 773. The Balaban J connectivity index is 1.80. The fourth-order valence-electron chi connectivity index (χ4n) is 3.74. The van der Waals surface area contributed by atoms with E-state index in [1.165, 1.54) is 4.90 Å². The van der Waals surface area contributed by atoms with E-state index >= 15 is 0 Å². The molecular formula is C18H15Br2NO2. The van der Waals surface area contributed by atoms with Gasteiger partial charge in [0, 0.05) is 15.0 Å². The van der Waals surface area contributed by atoms with Crippen molar-refractivity contribution in [3.8, 4) is 0 Å². The summed E-state index contributed by atoms with van der Waals surface area (Å²) < 4.78 is 0. The van der Waals surface area contributed by atoms with E-state index in [0.717, 1.165) is 10.8 Å². The first-order valence-electron chi connectivity index (χ1n) is 7.71. The Morgan fingerprint density at radius 2 is 1.39 bits per heavy atom. The third-order valence-corrected chi connectivity index (χ3v) is 7.65. The Labute approximate surface area is 151 Å². The van der Waals surface area contributed by atoms with Gasteiger partial charge in [-0.15, -0.1) is 0 Å². The van der Waals surface area contributed by atoms with Crippen LogP contribution in [0, 0.1) is 11.8 Å². The van der Waals surface area contributed by atoms with E-state index in [9.17, 15) is 9.59 Å². The summed E-state index contributed by atoms with van der Waals surface area (Å²) >= 11 is 7.25. The molecule has 23 heavy (non-hydrogen) atoms. The second-order valence-corrected chi connectivity index (χ2v) is 8.58. The zero-order valence-electron chi connectivity index (χ0n) is 12.3. The van der Waals surface area contributed by atoms with Crippen molar-refractivity contribution in [2.75, 3.05) is 4.90 Å². The van der Waals surface area contributed by atoms with Gasteiger partial charge in [0.25, 0.3) is 0 Å². The van der Waals surface area contributed by atoms with E-state index in [0.29, 0.717) is 18.5 Å². The molecule has 0 N–H and O–H groups in total. The topological polar surface area (TPSA) is 37.4 Å². The van der Waals surface area contributed by atoms with Gasteiger partial charge in [0.1, 0.15) is 0 Å². The van der Waals surface area contributed by atoms with Gasteiger partial charge in [0.2, 0.25) is 11.8 Å². The SMILES string of the molecule is O=C1[C@@H]2C[C@H](Br)[C@@H](Br)C[C@H]2C(=O)N1c1cccc2ccccc12. The van der Waals surface area contributed by atoms with Crippen LogP contribution in [-0.4, -0.2) is 21.5 Å². The van der Waals surface area contributed by atoms with Crippen LogP contribution in [0.3, 0.4) is 0 Å². The molecule has 1 aliphatic carbocycles. The van der Waals surface area contributed by atoms with E-state index in [4.69, 9.17) is 0 Å². The minimum Gasteiger partial charge on any atom is -0.274 e. The quantitative estimate of drug-likeness (QED) is 0.494. The van der Waals surface area contributed by atoms with Crippen molar-refractivity contribution < 1.29 is 9.59 Å². The first kappa shape index (κ1) is 15.3. The van der Waals surface area contributed by atoms with Crippen molar-refractivity contribution in [2.24, 2.45) is 11.8 Å². The van der Waals surface area contributed by atoms with Crippen LogP contribution in [0.1, 0.15) is 12.8 Å². The summed E-state index contributed by atoms with van der Waals surface area (Å²) in [6.45, 7) is 0. The first-order valence-corrected chi connectivity index (χ1v) is 9.55. The highest BCUT2D eigenvalue weighted by molar-refractivity contribution is 9.12. The smallest absolute Gasteiger partial charge is 0.237 e. The number of fused-ring (bicyclic) bond motifs is 2. The highest BCUT2D eigenvalue weighted by atomic mass is 79.9. The normalized spacial score (nSPS) is 30.8. The lowest BCUT2D eigenvalue weighted by Crippen LogP contribution is -2.34. The molecule has 2 fully saturated rings. The predicted molar refractivity (Wildman–Crippen MR) is 98.1 cm³/mol. The van der Waals surface area contributed by atoms with E-state index in [-0.39, 0.29) is 33.3 Å². The van der Waals surface area contributed by atoms with E-state index in [1.54, 1.807) is 0 Å². The van der Waals surface area contributed by atoms with Gasteiger partial charge in [-0.2, -0.15) is 0 Å². The lowest BCUT2D eigenvalue weighted by molar-refractivity contribution is -0.122. The zero-order chi connectivity index (χ0) is 16.1. The number of halogens is 2. The average Bonchev–Trinajstić information content (AvgIpc) is 2.79. The zero-order valence-corrected chi connectivity index (χ0v) is 15.5. The Morgan fingerprint density at radius 1 is 0.826 bits per heavy atom. The molecule has 0 radical (unpaired) electrons. The molecular weight excluding hydrogens is 422 g/mol. The van der Waals surface area contributed by atoms with Gasteiger partial charge < -0.3 is 0 Å². The van der Waals surface area contributed by atoms with Crippen molar-refractivity contribution in [3.05, 3.63) is 42.5 Å². The first-order chi connectivity index (χ1) is 11.1. The fourth-order valence-corrected chi connectivity index (χ4v) is 4.97. The van der Waals surface area contributed by atoms with Gasteiger partial charge in [0.15, 0.2) is 0 Å². The molecule has 2 aliphatic rings. The van der Waals surface area contributed by atoms with Crippen LogP contribution >= 0.6 is 31.9 Å². The number of alkyl halides is 2. The molecule has 0 spiro atoms. The number of amides is 2. The summed E-state index contributed by atoms with van der Waals surface area (Å²) in [4.78, 5) is 27.7. The van der Waals surface area contributed by atoms with Crippen LogP contribution in [0.25, 0.3) is 10.8 Å². The van der Waals surface area contributed by atoms with E-state index in [2.05, 4.69) is 31.9 Å².